The second-order valence-corrected chi connectivity index (χ2v) is 6.34. The molecule has 0 aliphatic heterocycles. The van der Waals surface area contributed by atoms with Gasteiger partial charge in [-0.15, -0.1) is 0 Å². The topological polar surface area (TPSA) is 41.5 Å². The number of phenols is 1. The highest BCUT2D eigenvalue weighted by Crippen LogP contribution is 2.35. The number of halogens is 2. The standard InChI is InChI=1S/C20H17Cl2NO2/c21-17-10-16(11-18(22)20(17)24)23-12-15-8-4-5-9-19(15)25-13-14-6-2-1-3-7-14/h1-11,23-24H,12-13H2. The third kappa shape index (κ3) is 4.59. The van der Waals surface area contributed by atoms with Gasteiger partial charge in [-0.25, -0.2) is 0 Å². The van der Waals surface area contributed by atoms with Gasteiger partial charge in [-0.05, 0) is 23.8 Å². The first-order valence-electron chi connectivity index (χ1n) is 7.80. The van der Waals surface area contributed by atoms with Crippen LogP contribution in [0.2, 0.25) is 10.0 Å². The predicted octanol–water partition coefficient (Wildman–Crippen LogP) is 5.89. The molecule has 0 aliphatic carbocycles. The van der Waals surface area contributed by atoms with E-state index < -0.39 is 0 Å². The molecule has 2 N–H and O–H groups in total. The van der Waals surface area contributed by atoms with Crippen LogP contribution in [-0.4, -0.2) is 5.11 Å². The average molecular weight is 374 g/mol. The molecule has 0 saturated heterocycles. The van der Waals surface area contributed by atoms with Crippen molar-refractivity contribution in [2.24, 2.45) is 0 Å². The molecule has 3 aromatic rings. The maximum atomic E-state index is 9.63. The lowest BCUT2D eigenvalue weighted by atomic mass is 10.2. The van der Waals surface area contributed by atoms with Gasteiger partial charge in [0.1, 0.15) is 12.4 Å². The molecular weight excluding hydrogens is 357 g/mol. The first-order chi connectivity index (χ1) is 12.1. The molecule has 0 bridgehead atoms. The van der Waals surface area contributed by atoms with E-state index in [0.717, 1.165) is 22.6 Å². The Kier molecular flexibility index (Phi) is 5.69. The van der Waals surface area contributed by atoms with Crippen LogP contribution in [0.3, 0.4) is 0 Å². The zero-order chi connectivity index (χ0) is 17.6. The van der Waals surface area contributed by atoms with Gasteiger partial charge in [0.2, 0.25) is 0 Å². The summed E-state index contributed by atoms with van der Waals surface area (Å²) in [5.41, 5.74) is 2.85. The number of hydrogen-bond donors (Lipinski definition) is 2. The number of para-hydroxylation sites is 1. The molecule has 0 unspecified atom stereocenters. The lowest BCUT2D eigenvalue weighted by molar-refractivity contribution is 0.303. The first kappa shape index (κ1) is 17.5. The third-order valence-electron chi connectivity index (χ3n) is 3.71. The number of hydrogen-bond acceptors (Lipinski definition) is 3. The number of benzene rings is 3. The fourth-order valence-corrected chi connectivity index (χ4v) is 2.88. The van der Waals surface area contributed by atoms with Crippen LogP contribution >= 0.6 is 23.2 Å². The number of nitrogens with one attached hydrogen (secondary N) is 1. The van der Waals surface area contributed by atoms with Gasteiger partial charge in [-0.1, -0.05) is 71.7 Å². The van der Waals surface area contributed by atoms with Crippen LogP contribution in [0.25, 0.3) is 0 Å². The fourth-order valence-electron chi connectivity index (χ4n) is 2.39. The van der Waals surface area contributed by atoms with E-state index in [0.29, 0.717) is 13.2 Å². The molecule has 0 saturated carbocycles. The summed E-state index contributed by atoms with van der Waals surface area (Å²) in [5, 5.41) is 13.3. The maximum Gasteiger partial charge on any atom is 0.152 e. The van der Waals surface area contributed by atoms with Gasteiger partial charge < -0.3 is 15.2 Å². The molecule has 0 amide bonds. The lowest BCUT2D eigenvalue weighted by Gasteiger charge is -2.13. The number of rotatable bonds is 6. The summed E-state index contributed by atoms with van der Waals surface area (Å²) in [7, 11) is 0. The average Bonchev–Trinajstić information content (AvgIpc) is 2.64. The van der Waals surface area contributed by atoms with E-state index in [1.54, 1.807) is 12.1 Å². The Balaban J connectivity index is 1.69. The van der Waals surface area contributed by atoms with Crippen molar-refractivity contribution < 1.29 is 9.84 Å². The highest BCUT2D eigenvalue weighted by Gasteiger charge is 2.08. The monoisotopic (exact) mass is 373 g/mol. The Hall–Kier alpha value is -2.36. The zero-order valence-electron chi connectivity index (χ0n) is 13.4. The van der Waals surface area contributed by atoms with Crippen molar-refractivity contribution in [3.05, 3.63) is 87.9 Å². The fraction of sp³-hybridized carbons (Fsp3) is 0.100. The van der Waals surface area contributed by atoms with E-state index in [9.17, 15) is 5.11 Å². The largest absolute Gasteiger partial charge is 0.505 e. The molecule has 128 valence electrons. The van der Waals surface area contributed by atoms with Crippen molar-refractivity contribution in [3.63, 3.8) is 0 Å². The second-order valence-electron chi connectivity index (χ2n) is 5.52. The second kappa shape index (κ2) is 8.15. The molecule has 0 spiro atoms. The molecular formula is C20H17Cl2NO2. The Bertz CT molecular complexity index is 830. The van der Waals surface area contributed by atoms with Gasteiger partial charge >= 0.3 is 0 Å². The summed E-state index contributed by atoms with van der Waals surface area (Å²) >= 11 is 11.9. The van der Waals surface area contributed by atoms with Crippen molar-refractivity contribution in [1.29, 1.82) is 0 Å². The van der Waals surface area contributed by atoms with Gasteiger partial charge in [0.05, 0.1) is 10.0 Å². The zero-order valence-corrected chi connectivity index (χ0v) is 14.9. The molecule has 0 heterocycles. The van der Waals surface area contributed by atoms with E-state index in [4.69, 9.17) is 27.9 Å². The van der Waals surface area contributed by atoms with Crippen LogP contribution in [0.15, 0.2) is 66.7 Å². The Morgan fingerprint density at radius 2 is 1.52 bits per heavy atom. The van der Waals surface area contributed by atoms with E-state index in [-0.39, 0.29) is 15.8 Å². The first-order valence-corrected chi connectivity index (χ1v) is 8.55. The van der Waals surface area contributed by atoms with Crippen molar-refractivity contribution in [1.82, 2.24) is 0 Å². The minimum atomic E-state index is -0.111. The summed E-state index contributed by atoms with van der Waals surface area (Å²) in [5.74, 6) is 0.704. The normalized spacial score (nSPS) is 10.5. The van der Waals surface area contributed by atoms with Crippen molar-refractivity contribution >= 4 is 28.9 Å². The molecule has 3 nitrogen and oxygen atoms in total. The molecule has 5 heteroatoms. The summed E-state index contributed by atoms with van der Waals surface area (Å²) in [6.45, 7) is 1.05. The number of phenolic OH excluding ortho intramolecular Hbond substituents is 1. The number of aromatic hydroxyl groups is 1. The van der Waals surface area contributed by atoms with Crippen LogP contribution < -0.4 is 10.1 Å². The molecule has 0 aromatic heterocycles. The van der Waals surface area contributed by atoms with Crippen LogP contribution in [0.5, 0.6) is 11.5 Å². The SMILES string of the molecule is Oc1c(Cl)cc(NCc2ccccc2OCc2ccccc2)cc1Cl. The molecule has 0 aliphatic rings. The number of ether oxygens (including phenoxy) is 1. The Morgan fingerprint density at radius 3 is 2.24 bits per heavy atom. The smallest absolute Gasteiger partial charge is 0.152 e. The van der Waals surface area contributed by atoms with E-state index in [1.165, 1.54) is 0 Å². The maximum absolute atomic E-state index is 9.63. The number of anilines is 1. The Morgan fingerprint density at radius 1 is 0.880 bits per heavy atom. The molecule has 0 fully saturated rings. The molecule has 3 rings (SSSR count). The summed E-state index contributed by atoms with van der Waals surface area (Å²) < 4.78 is 5.95. The molecule has 25 heavy (non-hydrogen) atoms. The van der Waals surface area contributed by atoms with Crippen LogP contribution in [0, 0.1) is 0 Å². The van der Waals surface area contributed by atoms with Crippen molar-refractivity contribution in [2.45, 2.75) is 13.2 Å². The van der Waals surface area contributed by atoms with Gasteiger partial charge in [0.25, 0.3) is 0 Å². The van der Waals surface area contributed by atoms with Crippen LogP contribution in [-0.2, 0) is 13.2 Å². The van der Waals surface area contributed by atoms with E-state index >= 15 is 0 Å². The third-order valence-corrected chi connectivity index (χ3v) is 4.29. The van der Waals surface area contributed by atoms with Crippen LogP contribution in [0.1, 0.15) is 11.1 Å². The quantitative estimate of drug-likeness (QED) is 0.529. The predicted molar refractivity (Wildman–Crippen MR) is 103 cm³/mol. The minimum absolute atomic E-state index is 0.111. The van der Waals surface area contributed by atoms with Gasteiger partial charge in [0.15, 0.2) is 5.75 Å². The van der Waals surface area contributed by atoms with Gasteiger partial charge in [-0.3, -0.25) is 0 Å². The minimum Gasteiger partial charge on any atom is -0.505 e. The lowest BCUT2D eigenvalue weighted by Crippen LogP contribution is -2.03. The highest BCUT2D eigenvalue weighted by atomic mass is 35.5. The van der Waals surface area contributed by atoms with E-state index in [1.807, 2.05) is 54.6 Å². The summed E-state index contributed by atoms with van der Waals surface area (Å²) in [6, 6.07) is 21.1. The summed E-state index contributed by atoms with van der Waals surface area (Å²) in [4.78, 5) is 0. The molecule has 3 aromatic carbocycles. The van der Waals surface area contributed by atoms with Gasteiger partial charge in [0, 0.05) is 17.8 Å². The summed E-state index contributed by atoms with van der Waals surface area (Å²) in [6.07, 6.45) is 0. The Labute approximate surface area is 156 Å². The van der Waals surface area contributed by atoms with Crippen molar-refractivity contribution in [3.8, 4) is 11.5 Å². The van der Waals surface area contributed by atoms with Crippen molar-refractivity contribution in [2.75, 3.05) is 5.32 Å². The molecule has 0 radical (unpaired) electrons. The van der Waals surface area contributed by atoms with Gasteiger partial charge in [-0.2, -0.15) is 0 Å². The van der Waals surface area contributed by atoms with Crippen LogP contribution in [0.4, 0.5) is 5.69 Å². The van der Waals surface area contributed by atoms with E-state index in [2.05, 4.69) is 5.32 Å². The highest BCUT2D eigenvalue weighted by molar-refractivity contribution is 6.37. The molecule has 0 atom stereocenters.